The predicted octanol–water partition coefficient (Wildman–Crippen LogP) is 0.520. The van der Waals surface area contributed by atoms with E-state index >= 15 is 0 Å². The first-order valence-corrected chi connectivity index (χ1v) is 3.42. The van der Waals surface area contributed by atoms with Gasteiger partial charge in [0.15, 0.2) is 0 Å². The number of carbonyl (C=O) groups excluding carboxylic acids is 1. The van der Waals surface area contributed by atoms with Crippen LogP contribution < -0.4 is 5.73 Å². The summed E-state index contributed by atoms with van der Waals surface area (Å²) in [7, 11) is 0. The van der Waals surface area contributed by atoms with Gasteiger partial charge in [0.05, 0.1) is 11.6 Å². The average Bonchev–Trinajstić information content (AvgIpc) is 1.86. The van der Waals surface area contributed by atoms with Crippen molar-refractivity contribution in [2.45, 2.75) is 20.8 Å². The van der Waals surface area contributed by atoms with Crippen LogP contribution in [0.4, 0.5) is 0 Å². The Morgan fingerprint density at radius 1 is 1.64 bits per heavy atom. The third kappa shape index (κ3) is 4.50. The Bertz CT molecular complexity index is 158. The van der Waals surface area contributed by atoms with Gasteiger partial charge in [-0.1, -0.05) is 5.16 Å². The monoisotopic (exact) mass is 158 g/mol. The highest BCUT2D eigenvalue weighted by Gasteiger charge is 2.23. The van der Waals surface area contributed by atoms with Crippen LogP contribution in [0.3, 0.4) is 0 Å². The maximum atomic E-state index is 11.0. The topological polar surface area (TPSA) is 64.7 Å². The molecule has 11 heavy (non-hydrogen) atoms. The molecule has 0 amide bonds. The second kappa shape index (κ2) is 4.08. The molecule has 0 saturated heterocycles. The van der Waals surface area contributed by atoms with E-state index in [-0.39, 0.29) is 12.5 Å². The molecule has 4 heteroatoms. The minimum atomic E-state index is -0.508. The van der Waals surface area contributed by atoms with Crippen molar-refractivity contribution >= 4 is 12.2 Å². The Hall–Kier alpha value is -0.900. The second-order valence-corrected chi connectivity index (χ2v) is 3.15. The Morgan fingerprint density at radius 2 is 2.18 bits per heavy atom. The first kappa shape index (κ1) is 10.1. The predicted molar refractivity (Wildman–Crippen MR) is 43.1 cm³/mol. The molecule has 0 fully saturated rings. The van der Waals surface area contributed by atoms with Crippen molar-refractivity contribution in [3.63, 3.8) is 0 Å². The Balaban J connectivity index is 3.80. The standard InChI is InChI=1S/C7H14N2O2/c1-7(2,3)6(10)11-9-5-4-8/h5H,4,8H2,1-3H3. The van der Waals surface area contributed by atoms with Gasteiger partial charge in [-0.2, -0.15) is 0 Å². The minimum Gasteiger partial charge on any atom is -0.326 e. The Kier molecular flexibility index (Phi) is 3.74. The van der Waals surface area contributed by atoms with E-state index in [9.17, 15) is 4.79 Å². The normalized spacial score (nSPS) is 12.0. The molecule has 0 aliphatic rings. The van der Waals surface area contributed by atoms with Gasteiger partial charge in [0, 0.05) is 6.54 Å². The van der Waals surface area contributed by atoms with Crippen molar-refractivity contribution in [3.8, 4) is 0 Å². The van der Waals surface area contributed by atoms with Crippen molar-refractivity contribution < 1.29 is 9.63 Å². The summed E-state index contributed by atoms with van der Waals surface area (Å²) < 4.78 is 0. The minimum absolute atomic E-state index is 0.275. The van der Waals surface area contributed by atoms with E-state index in [1.807, 2.05) is 0 Å². The largest absolute Gasteiger partial charge is 0.340 e. The molecule has 0 atom stereocenters. The lowest BCUT2D eigenvalue weighted by molar-refractivity contribution is -0.152. The number of hydrogen-bond donors (Lipinski definition) is 1. The first-order valence-electron chi connectivity index (χ1n) is 3.42. The second-order valence-electron chi connectivity index (χ2n) is 3.15. The lowest BCUT2D eigenvalue weighted by Gasteiger charge is -2.12. The number of nitrogens with two attached hydrogens (primary N) is 1. The average molecular weight is 158 g/mol. The van der Waals surface area contributed by atoms with Gasteiger partial charge in [-0.25, -0.2) is 4.79 Å². The molecule has 2 N–H and O–H groups in total. The fourth-order valence-corrected chi connectivity index (χ4v) is 0.265. The quantitative estimate of drug-likeness (QED) is 0.362. The SMILES string of the molecule is CC(C)(C)C(=O)ON=CCN. The summed E-state index contributed by atoms with van der Waals surface area (Å²) in [4.78, 5) is 15.5. The molecule has 0 radical (unpaired) electrons. The third-order valence-electron chi connectivity index (χ3n) is 0.928. The van der Waals surface area contributed by atoms with Crippen molar-refractivity contribution in [3.05, 3.63) is 0 Å². The maximum absolute atomic E-state index is 11.0. The van der Waals surface area contributed by atoms with E-state index in [0.29, 0.717) is 0 Å². The highest BCUT2D eigenvalue weighted by Crippen LogP contribution is 2.14. The van der Waals surface area contributed by atoms with Crippen LogP contribution in [0.2, 0.25) is 0 Å². The summed E-state index contributed by atoms with van der Waals surface area (Å²) in [5, 5.41) is 3.36. The zero-order chi connectivity index (χ0) is 8.91. The molecular weight excluding hydrogens is 144 g/mol. The smallest absolute Gasteiger partial charge is 0.326 e. The van der Waals surface area contributed by atoms with E-state index in [4.69, 9.17) is 5.73 Å². The van der Waals surface area contributed by atoms with Crippen molar-refractivity contribution in [1.29, 1.82) is 0 Å². The van der Waals surface area contributed by atoms with Crippen LogP contribution in [0.15, 0.2) is 5.16 Å². The molecule has 0 spiro atoms. The van der Waals surface area contributed by atoms with Gasteiger partial charge >= 0.3 is 5.97 Å². The lowest BCUT2D eigenvalue weighted by Crippen LogP contribution is -2.21. The van der Waals surface area contributed by atoms with Gasteiger partial charge in [0.25, 0.3) is 0 Å². The molecule has 0 aromatic heterocycles. The van der Waals surface area contributed by atoms with Crippen LogP contribution in [0.5, 0.6) is 0 Å². The van der Waals surface area contributed by atoms with Crippen molar-refractivity contribution in [1.82, 2.24) is 0 Å². The van der Waals surface area contributed by atoms with Gasteiger partial charge in [0.1, 0.15) is 0 Å². The van der Waals surface area contributed by atoms with E-state index in [1.54, 1.807) is 20.8 Å². The molecule has 0 aliphatic carbocycles. The summed E-state index contributed by atoms with van der Waals surface area (Å²) in [5.74, 6) is -0.359. The molecule has 0 heterocycles. The summed E-state index contributed by atoms with van der Waals surface area (Å²) in [5.41, 5.74) is 4.58. The van der Waals surface area contributed by atoms with E-state index in [2.05, 4.69) is 9.99 Å². The van der Waals surface area contributed by atoms with Gasteiger partial charge in [-0.05, 0) is 20.8 Å². The molecule has 0 bridgehead atoms. The van der Waals surface area contributed by atoms with Crippen LogP contribution in [-0.2, 0) is 9.63 Å². The highest BCUT2D eigenvalue weighted by molar-refractivity contribution is 5.75. The van der Waals surface area contributed by atoms with Crippen LogP contribution in [0, 0.1) is 5.41 Å². The van der Waals surface area contributed by atoms with Gasteiger partial charge in [-0.3, -0.25) is 0 Å². The summed E-state index contributed by atoms with van der Waals surface area (Å²) in [6, 6.07) is 0. The Labute approximate surface area is 66.4 Å². The third-order valence-corrected chi connectivity index (χ3v) is 0.928. The van der Waals surface area contributed by atoms with Crippen LogP contribution in [0.25, 0.3) is 0 Å². The molecule has 64 valence electrons. The molecule has 0 rings (SSSR count). The molecule has 0 unspecified atom stereocenters. The molecule has 0 aliphatic heterocycles. The number of hydrogen-bond acceptors (Lipinski definition) is 4. The molecular formula is C7H14N2O2. The van der Waals surface area contributed by atoms with E-state index < -0.39 is 5.41 Å². The first-order chi connectivity index (χ1) is 4.98. The van der Waals surface area contributed by atoms with Crippen LogP contribution in [0.1, 0.15) is 20.8 Å². The van der Waals surface area contributed by atoms with Gasteiger partial charge in [-0.15, -0.1) is 0 Å². The lowest BCUT2D eigenvalue weighted by atomic mass is 9.98. The summed E-state index contributed by atoms with van der Waals surface area (Å²) in [6.45, 7) is 5.55. The Morgan fingerprint density at radius 3 is 2.55 bits per heavy atom. The number of oxime groups is 1. The fourth-order valence-electron chi connectivity index (χ4n) is 0.265. The highest BCUT2D eigenvalue weighted by atomic mass is 16.7. The maximum Gasteiger partial charge on any atom is 0.340 e. The summed E-state index contributed by atoms with van der Waals surface area (Å²) in [6.07, 6.45) is 1.34. The van der Waals surface area contributed by atoms with Gasteiger partial charge < -0.3 is 10.6 Å². The van der Waals surface area contributed by atoms with Gasteiger partial charge in [0.2, 0.25) is 0 Å². The van der Waals surface area contributed by atoms with Crippen molar-refractivity contribution in [2.75, 3.05) is 6.54 Å². The molecule has 0 aromatic rings. The number of rotatable bonds is 2. The number of nitrogens with zero attached hydrogens (tertiary/aromatic N) is 1. The van der Waals surface area contributed by atoms with Crippen LogP contribution >= 0.6 is 0 Å². The molecule has 0 saturated carbocycles. The van der Waals surface area contributed by atoms with E-state index in [0.717, 1.165) is 0 Å². The van der Waals surface area contributed by atoms with Crippen molar-refractivity contribution in [2.24, 2.45) is 16.3 Å². The fraction of sp³-hybridized carbons (Fsp3) is 0.714. The van der Waals surface area contributed by atoms with E-state index in [1.165, 1.54) is 6.21 Å². The molecule has 4 nitrogen and oxygen atoms in total. The molecule has 0 aromatic carbocycles. The van der Waals surface area contributed by atoms with Crippen LogP contribution in [-0.4, -0.2) is 18.7 Å². The zero-order valence-electron chi connectivity index (χ0n) is 7.13. The number of carbonyl (C=O) groups is 1. The zero-order valence-corrected chi connectivity index (χ0v) is 7.13. The summed E-state index contributed by atoms with van der Waals surface area (Å²) >= 11 is 0.